The molecule has 0 spiro atoms. The van der Waals surface area contributed by atoms with Gasteiger partial charge in [-0.15, -0.1) is 0 Å². The minimum atomic E-state index is -0.356. The molecule has 0 atom stereocenters. The van der Waals surface area contributed by atoms with Crippen LogP contribution >= 0.6 is 0 Å². The van der Waals surface area contributed by atoms with Crippen molar-refractivity contribution in [3.63, 3.8) is 0 Å². The van der Waals surface area contributed by atoms with Gasteiger partial charge in [0.25, 0.3) is 0 Å². The molecule has 0 aliphatic rings. The van der Waals surface area contributed by atoms with E-state index >= 15 is 0 Å². The molecule has 0 aliphatic heterocycles. The normalized spacial score (nSPS) is 9.20. The van der Waals surface area contributed by atoms with Gasteiger partial charge in [0, 0.05) is 14.1 Å². The van der Waals surface area contributed by atoms with E-state index in [-0.39, 0.29) is 6.03 Å². The van der Waals surface area contributed by atoms with Crippen LogP contribution in [-0.2, 0) is 9.68 Å². The molecule has 0 aromatic carbocycles. The first-order valence-electron chi connectivity index (χ1n) is 2.73. The predicted octanol–water partition coefficient (Wildman–Crippen LogP) is 0.0928. The molecule has 0 rings (SSSR count). The van der Waals surface area contributed by atoms with Crippen LogP contribution in [0.1, 0.15) is 0 Å². The Morgan fingerprint density at radius 3 is 1.70 bits per heavy atom. The highest BCUT2D eigenvalue weighted by Crippen LogP contribution is 1.93. The van der Waals surface area contributed by atoms with Crippen molar-refractivity contribution in [2.75, 3.05) is 28.3 Å². The lowest BCUT2D eigenvalue weighted by atomic mass is 10.8. The van der Waals surface area contributed by atoms with Crippen molar-refractivity contribution in [3.8, 4) is 0 Å². The van der Waals surface area contributed by atoms with Gasteiger partial charge in [-0.05, 0) is 0 Å². The zero-order valence-electron chi connectivity index (χ0n) is 6.62. The first kappa shape index (κ1) is 9.19. The highest BCUT2D eigenvalue weighted by atomic mass is 16.9. The van der Waals surface area contributed by atoms with Crippen molar-refractivity contribution >= 4 is 6.03 Å². The maximum Gasteiger partial charge on any atom is 0.369 e. The Kier molecular flexibility index (Phi) is 3.75. The molecule has 0 aromatic heterocycles. The molecule has 10 heavy (non-hydrogen) atoms. The van der Waals surface area contributed by atoms with Crippen LogP contribution in [0.15, 0.2) is 0 Å². The third kappa shape index (κ3) is 2.20. The van der Waals surface area contributed by atoms with Gasteiger partial charge in [0.15, 0.2) is 0 Å². The molecule has 0 aromatic rings. The Bertz CT molecular complexity index is 111. The highest BCUT2D eigenvalue weighted by molar-refractivity contribution is 5.71. The van der Waals surface area contributed by atoms with Gasteiger partial charge in [0.1, 0.15) is 0 Å². The maximum atomic E-state index is 10.9. The number of hydroxylamine groups is 2. The van der Waals surface area contributed by atoms with E-state index in [0.717, 1.165) is 5.23 Å². The van der Waals surface area contributed by atoms with Crippen molar-refractivity contribution in [2.45, 2.75) is 0 Å². The van der Waals surface area contributed by atoms with Crippen molar-refractivity contribution in [2.24, 2.45) is 0 Å². The molecule has 60 valence electrons. The van der Waals surface area contributed by atoms with Crippen LogP contribution in [0.4, 0.5) is 4.79 Å². The average molecular weight is 148 g/mol. The van der Waals surface area contributed by atoms with Gasteiger partial charge in [-0.3, -0.25) is 0 Å². The number of hydrogen-bond acceptors (Lipinski definition) is 3. The monoisotopic (exact) mass is 148 g/mol. The number of carbonyl (C=O) groups excluding carboxylic acids is 1. The largest absolute Gasteiger partial charge is 0.369 e. The molecule has 0 aliphatic carbocycles. The summed E-state index contributed by atoms with van der Waals surface area (Å²) in [6.45, 7) is 0. The smallest absolute Gasteiger partial charge is 0.327 e. The molecule has 0 unspecified atom stereocenters. The molecule has 0 N–H and O–H groups in total. The summed E-state index contributed by atoms with van der Waals surface area (Å²) in [5.74, 6) is 0. The molecule has 0 bridgehead atoms. The van der Waals surface area contributed by atoms with Gasteiger partial charge >= 0.3 is 6.03 Å². The topological polar surface area (TPSA) is 42.0 Å². The molecular weight excluding hydrogens is 136 g/mol. The fourth-order valence-corrected chi connectivity index (χ4v) is 0.394. The summed E-state index contributed by atoms with van der Waals surface area (Å²) in [5.41, 5.74) is 0. The van der Waals surface area contributed by atoms with E-state index in [0.29, 0.717) is 0 Å². The van der Waals surface area contributed by atoms with E-state index in [9.17, 15) is 4.79 Å². The third-order valence-corrected chi connectivity index (χ3v) is 0.870. The van der Waals surface area contributed by atoms with Gasteiger partial charge in [0.2, 0.25) is 0 Å². The van der Waals surface area contributed by atoms with E-state index in [1.165, 1.54) is 19.1 Å². The molecule has 0 heterocycles. The molecule has 0 radical (unpaired) electrons. The minimum absolute atomic E-state index is 0.356. The zero-order valence-corrected chi connectivity index (χ0v) is 6.62. The first-order valence-corrected chi connectivity index (χ1v) is 2.73. The van der Waals surface area contributed by atoms with E-state index in [1.54, 1.807) is 14.1 Å². The van der Waals surface area contributed by atoms with Gasteiger partial charge in [-0.25, -0.2) is 14.5 Å². The summed E-state index contributed by atoms with van der Waals surface area (Å²) in [6.07, 6.45) is 0. The minimum Gasteiger partial charge on any atom is -0.327 e. The van der Waals surface area contributed by atoms with Gasteiger partial charge in [-0.1, -0.05) is 5.23 Å². The Morgan fingerprint density at radius 2 is 1.60 bits per heavy atom. The highest BCUT2D eigenvalue weighted by Gasteiger charge is 2.13. The second kappa shape index (κ2) is 4.08. The Balaban J connectivity index is 3.89. The van der Waals surface area contributed by atoms with E-state index in [2.05, 4.69) is 9.68 Å². The lowest BCUT2D eigenvalue weighted by Crippen LogP contribution is -2.37. The summed E-state index contributed by atoms with van der Waals surface area (Å²) in [5, 5.41) is 0.778. The van der Waals surface area contributed by atoms with Crippen LogP contribution in [0.25, 0.3) is 0 Å². The van der Waals surface area contributed by atoms with Gasteiger partial charge in [0.05, 0.1) is 14.2 Å². The molecule has 5 nitrogen and oxygen atoms in total. The molecule has 0 fully saturated rings. The number of urea groups is 1. The molecule has 0 saturated heterocycles. The molecule has 2 amide bonds. The summed E-state index contributed by atoms with van der Waals surface area (Å²) in [7, 11) is 5.91. The maximum absolute atomic E-state index is 10.9. The fourth-order valence-electron chi connectivity index (χ4n) is 0.394. The first-order chi connectivity index (χ1) is 4.63. The Morgan fingerprint density at radius 1 is 1.20 bits per heavy atom. The van der Waals surface area contributed by atoms with Crippen LogP contribution in [0.2, 0.25) is 0 Å². The lowest BCUT2D eigenvalue weighted by molar-refractivity contribution is -0.302. The van der Waals surface area contributed by atoms with Crippen molar-refractivity contribution in [1.82, 2.24) is 10.1 Å². The van der Waals surface area contributed by atoms with E-state index < -0.39 is 0 Å². The summed E-state index contributed by atoms with van der Waals surface area (Å²) in [4.78, 5) is 21.3. The number of carbonyl (C=O) groups is 1. The molecule has 5 heteroatoms. The lowest BCUT2D eigenvalue weighted by Gasteiger charge is -2.19. The number of hydrogen-bond donors (Lipinski definition) is 0. The standard InChI is InChI=1S/C5H12N2O3/c1-6(2)5(8)7(9-3)10-4/h1-4H3. The quantitative estimate of drug-likeness (QED) is 0.521. The van der Waals surface area contributed by atoms with Crippen LogP contribution in [0.5, 0.6) is 0 Å². The van der Waals surface area contributed by atoms with Gasteiger partial charge in [-0.2, -0.15) is 0 Å². The van der Waals surface area contributed by atoms with Crippen LogP contribution < -0.4 is 0 Å². The fraction of sp³-hybridized carbons (Fsp3) is 0.800. The number of nitrogens with zero attached hydrogens (tertiary/aromatic N) is 2. The average Bonchev–Trinajstić information content (AvgIpc) is 1.90. The zero-order chi connectivity index (χ0) is 8.15. The van der Waals surface area contributed by atoms with Gasteiger partial charge < -0.3 is 4.90 Å². The van der Waals surface area contributed by atoms with Crippen molar-refractivity contribution in [1.29, 1.82) is 0 Å². The molecule has 0 saturated carbocycles. The SMILES string of the molecule is CON(OC)C(=O)N(C)C. The van der Waals surface area contributed by atoms with E-state index in [4.69, 9.17) is 0 Å². The van der Waals surface area contributed by atoms with Crippen LogP contribution in [-0.4, -0.2) is 44.5 Å². The second-order valence-corrected chi connectivity index (χ2v) is 1.80. The van der Waals surface area contributed by atoms with E-state index in [1.807, 2.05) is 0 Å². The van der Waals surface area contributed by atoms with Crippen LogP contribution in [0, 0.1) is 0 Å². The summed E-state index contributed by atoms with van der Waals surface area (Å²) < 4.78 is 0. The van der Waals surface area contributed by atoms with Crippen molar-refractivity contribution < 1.29 is 14.5 Å². The predicted molar refractivity (Wildman–Crippen MR) is 34.9 cm³/mol. The Labute approximate surface area is 60.0 Å². The summed E-state index contributed by atoms with van der Waals surface area (Å²) in [6, 6.07) is -0.356. The number of amides is 2. The third-order valence-electron chi connectivity index (χ3n) is 0.870. The van der Waals surface area contributed by atoms with Crippen LogP contribution in [0.3, 0.4) is 0 Å². The Hall–Kier alpha value is -0.810. The second-order valence-electron chi connectivity index (χ2n) is 1.80. The summed E-state index contributed by atoms with van der Waals surface area (Å²) >= 11 is 0. The molecular formula is C5H12N2O3. The number of rotatable bonds is 2. The van der Waals surface area contributed by atoms with Crippen molar-refractivity contribution in [3.05, 3.63) is 0 Å².